The molecular formula is C16H12F2N2O2. The second-order valence-corrected chi connectivity index (χ2v) is 4.96. The van der Waals surface area contributed by atoms with Crippen molar-refractivity contribution in [1.29, 1.82) is 0 Å². The van der Waals surface area contributed by atoms with Gasteiger partial charge in [0.25, 0.3) is 11.8 Å². The van der Waals surface area contributed by atoms with Crippen LogP contribution in [-0.4, -0.2) is 18.4 Å². The number of nitrogens with one attached hydrogen (secondary N) is 2. The van der Waals surface area contributed by atoms with Crippen molar-refractivity contribution >= 4 is 17.5 Å². The molecule has 2 N–H and O–H groups in total. The van der Waals surface area contributed by atoms with Crippen LogP contribution in [0.5, 0.6) is 0 Å². The summed E-state index contributed by atoms with van der Waals surface area (Å²) in [5.41, 5.74) is 1.51. The summed E-state index contributed by atoms with van der Waals surface area (Å²) in [6.45, 7) is 0.582. The molecule has 1 heterocycles. The van der Waals surface area contributed by atoms with Gasteiger partial charge in [0, 0.05) is 23.9 Å². The lowest BCUT2D eigenvalue weighted by molar-refractivity contribution is 0.0944. The largest absolute Gasteiger partial charge is 0.352 e. The van der Waals surface area contributed by atoms with Crippen LogP contribution >= 0.6 is 0 Å². The minimum Gasteiger partial charge on any atom is -0.352 e. The maximum absolute atomic E-state index is 13.6. The second kappa shape index (κ2) is 5.55. The molecule has 0 bridgehead atoms. The highest BCUT2D eigenvalue weighted by atomic mass is 19.1. The summed E-state index contributed by atoms with van der Waals surface area (Å²) < 4.78 is 26.4. The van der Waals surface area contributed by atoms with E-state index < -0.39 is 17.5 Å². The molecule has 4 nitrogen and oxygen atoms in total. The van der Waals surface area contributed by atoms with Gasteiger partial charge in [0.2, 0.25) is 0 Å². The van der Waals surface area contributed by atoms with Crippen molar-refractivity contribution in [3.05, 3.63) is 64.7 Å². The number of carbonyl (C=O) groups is 2. The van der Waals surface area contributed by atoms with Gasteiger partial charge in [-0.3, -0.25) is 9.59 Å². The summed E-state index contributed by atoms with van der Waals surface area (Å²) in [7, 11) is 0. The minimum absolute atomic E-state index is 0.203. The Morgan fingerprint density at radius 2 is 1.95 bits per heavy atom. The number of hydrogen-bond donors (Lipinski definition) is 2. The van der Waals surface area contributed by atoms with E-state index in [9.17, 15) is 18.4 Å². The molecule has 0 aromatic heterocycles. The number of hydrogen-bond acceptors (Lipinski definition) is 2. The average Bonchev–Trinajstić information content (AvgIpc) is 2.48. The molecule has 6 heteroatoms. The molecule has 2 aromatic carbocycles. The van der Waals surface area contributed by atoms with E-state index in [1.54, 1.807) is 18.2 Å². The molecule has 0 aliphatic carbocycles. The zero-order valence-electron chi connectivity index (χ0n) is 11.5. The number of rotatable bonds is 2. The Kier molecular flexibility index (Phi) is 3.58. The van der Waals surface area contributed by atoms with Crippen molar-refractivity contribution in [2.24, 2.45) is 0 Å². The number of anilines is 1. The van der Waals surface area contributed by atoms with Crippen molar-refractivity contribution < 1.29 is 18.4 Å². The number of benzene rings is 2. The Balaban J connectivity index is 1.85. The van der Waals surface area contributed by atoms with Crippen LogP contribution in [0.15, 0.2) is 36.4 Å². The number of carbonyl (C=O) groups excluding carboxylic acids is 2. The summed E-state index contributed by atoms with van der Waals surface area (Å²) in [5.74, 6) is -2.59. The van der Waals surface area contributed by atoms with E-state index in [0.29, 0.717) is 23.9 Å². The van der Waals surface area contributed by atoms with Gasteiger partial charge in [0.1, 0.15) is 11.6 Å². The SMILES string of the molecule is O=C(Nc1ccc2c(c1)C(=O)NCC2)c1ccc(F)cc1F. The van der Waals surface area contributed by atoms with Crippen LogP contribution in [-0.2, 0) is 6.42 Å². The van der Waals surface area contributed by atoms with Gasteiger partial charge in [0.05, 0.1) is 5.56 Å². The maximum Gasteiger partial charge on any atom is 0.258 e. The molecular weight excluding hydrogens is 290 g/mol. The van der Waals surface area contributed by atoms with Crippen LogP contribution in [0.4, 0.5) is 14.5 Å². The molecule has 2 aromatic rings. The van der Waals surface area contributed by atoms with Gasteiger partial charge in [-0.05, 0) is 36.2 Å². The van der Waals surface area contributed by atoms with E-state index in [1.807, 2.05) is 0 Å². The van der Waals surface area contributed by atoms with Crippen molar-refractivity contribution in [2.45, 2.75) is 6.42 Å². The summed E-state index contributed by atoms with van der Waals surface area (Å²) in [5, 5.41) is 5.22. The molecule has 0 spiro atoms. The van der Waals surface area contributed by atoms with E-state index >= 15 is 0 Å². The highest BCUT2D eigenvalue weighted by molar-refractivity contribution is 6.05. The molecule has 22 heavy (non-hydrogen) atoms. The molecule has 1 aliphatic heterocycles. The molecule has 3 rings (SSSR count). The summed E-state index contributed by atoms with van der Waals surface area (Å²) in [4.78, 5) is 23.8. The lowest BCUT2D eigenvalue weighted by Gasteiger charge is -2.17. The smallest absolute Gasteiger partial charge is 0.258 e. The summed E-state index contributed by atoms with van der Waals surface area (Å²) >= 11 is 0. The first-order valence-electron chi connectivity index (χ1n) is 6.72. The Bertz CT molecular complexity index is 775. The van der Waals surface area contributed by atoms with E-state index in [-0.39, 0.29) is 11.5 Å². The third-order valence-corrected chi connectivity index (χ3v) is 3.47. The lowest BCUT2D eigenvalue weighted by Crippen LogP contribution is -2.31. The fourth-order valence-corrected chi connectivity index (χ4v) is 2.36. The van der Waals surface area contributed by atoms with E-state index in [4.69, 9.17) is 0 Å². The van der Waals surface area contributed by atoms with Gasteiger partial charge < -0.3 is 10.6 Å². The van der Waals surface area contributed by atoms with Crippen LogP contribution in [0.1, 0.15) is 26.3 Å². The zero-order chi connectivity index (χ0) is 15.7. The quantitative estimate of drug-likeness (QED) is 0.895. The van der Waals surface area contributed by atoms with Gasteiger partial charge in [0.15, 0.2) is 0 Å². The average molecular weight is 302 g/mol. The van der Waals surface area contributed by atoms with Crippen molar-refractivity contribution in [2.75, 3.05) is 11.9 Å². The van der Waals surface area contributed by atoms with Crippen molar-refractivity contribution in [3.8, 4) is 0 Å². The molecule has 0 unspecified atom stereocenters. The third-order valence-electron chi connectivity index (χ3n) is 3.47. The summed E-state index contributed by atoms with van der Waals surface area (Å²) in [6, 6.07) is 7.68. The Labute approximate surface area is 125 Å². The molecule has 0 atom stereocenters. The normalized spacial score (nSPS) is 13.3. The first-order valence-corrected chi connectivity index (χ1v) is 6.72. The van der Waals surface area contributed by atoms with E-state index in [0.717, 1.165) is 24.1 Å². The molecule has 2 amide bonds. The first kappa shape index (κ1) is 14.2. The van der Waals surface area contributed by atoms with Gasteiger partial charge in [-0.1, -0.05) is 6.07 Å². The van der Waals surface area contributed by atoms with E-state index in [1.165, 1.54) is 0 Å². The number of halogens is 2. The fourth-order valence-electron chi connectivity index (χ4n) is 2.36. The van der Waals surface area contributed by atoms with Crippen LogP contribution in [0, 0.1) is 11.6 Å². The third kappa shape index (κ3) is 2.67. The highest BCUT2D eigenvalue weighted by Crippen LogP contribution is 2.20. The fraction of sp³-hybridized carbons (Fsp3) is 0.125. The van der Waals surface area contributed by atoms with Crippen LogP contribution in [0.2, 0.25) is 0 Å². The maximum atomic E-state index is 13.6. The molecule has 1 aliphatic rings. The molecule has 0 saturated carbocycles. The standard InChI is InChI=1S/C16H12F2N2O2/c17-10-2-4-12(14(18)7-10)16(22)20-11-3-1-9-5-6-19-15(21)13(9)8-11/h1-4,7-8H,5-6H2,(H,19,21)(H,20,22). The topological polar surface area (TPSA) is 58.2 Å². The number of fused-ring (bicyclic) bond motifs is 1. The van der Waals surface area contributed by atoms with Crippen LogP contribution in [0.3, 0.4) is 0 Å². The van der Waals surface area contributed by atoms with Crippen molar-refractivity contribution in [1.82, 2.24) is 5.32 Å². The Morgan fingerprint density at radius 1 is 1.14 bits per heavy atom. The number of amides is 2. The second-order valence-electron chi connectivity index (χ2n) is 4.96. The monoisotopic (exact) mass is 302 g/mol. The van der Waals surface area contributed by atoms with Crippen LogP contribution < -0.4 is 10.6 Å². The predicted octanol–water partition coefficient (Wildman–Crippen LogP) is 2.50. The van der Waals surface area contributed by atoms with Gasteiger partial charge in [-0.2, -0.15) is 0 Å². The van der Waals surface area contributed by atoms with Gasteiger partial charge in [-0.15, -0.1) is 0 Å². The molecule has 0 fully saturated rings. The lowest BCUT2D eigenvalue weighted by atomic mass is 10.00. The predicted molar refractivity (Wildman–Crippen MR) is 76.8 cm³/mol. The summed E-state index contributed by atoms with van der Waals surface area (Å²) in [6.07, 6.45) is 0.724. The minimum atomic E-state index is -0.937. The molecule has 112 valence electrons. The molecule has 0 radical (unpaired) electrons. The van der Waals surface area contributed by atoms with Crippen molar-refractivity contribution in [3.63, 3.8) is 0 Å². The van der Waals surface area contributed by atoms with Gasteiger partial charge >= 0.3 is 0 Å². The first-order chi connectivity index (χ1) is 10.5. The molecule has 0 saturated heterocycles. The Hall–Kier alpha value is -2.76. The highest BCUT2D eigenvalue weighted by Gasteiger charge is 2.18. The Morgan fingerprint density at radius 3 is 2.73 bits per heavy atom. The van der Waals surface area contributed by atoms with E-state index in [2.05, 4.69) is 10.6 Å². The zero-order valence-corrected chi connectivity index (χ0v) is 11.5. The van der Waals surface area contributed by atoms with Crippen LogP contribution in [0.25, 0.3) is 0 Å². The van der Waals surface area contributed by atoms with Gasteiger partial charge in [-0.25, -0.2) is 8.78 Å².